The molecule has 0 saturated carbocycles. The molecule has 0 aliphatic carbocycles. The predicted molar refractivity (Wildman–Crippen MR) is 73.8 cm³/mol. The van der Waals surface area contributed by atoms with E-state index in [0.29, 0.717) is 0 Å². The Morgan fingerprint density at radius 3 is 2.50 bits per heavy atom. The van der Waals surface area contributed by atoms with Gasteiger partial charge in [0.05, 0.1) is 12.2 Å². The van der Waals surface area contributed by atoms with Gasteiger partial charge in [0, 0.05) is 24.5 Å². The Kier molecular flexibility index (Phi) is 3.57. The molecule has 0 atom stereocenters. The fourth-order valence-corrected chi connectivity index (χ4v) is 1.72. The van der Waals surface area contributed by atoms with Crippen molar-refractivity contribution in [2.75, 3.05) is 11.9 Å². The van der Waals surface area contributed by atoms with E-state index in [1.165, 1.54) is 0 Å². The van der Waals surface area contributed by atoms with Crippen molar-refractivity contribution in [3.05, 3.63) is 59.9 Å². The number of aromatic nitrogens is 1. The molecule has 1 heterocycles. The average molecular weight is 240 g/mol. The number of nitrogens with one attached hydrogen (secondary N) is 1. The summed E-state index contributed by atoms with van der Waals surface area (Å²) in [5, 5.41) is 7.35. The van der Waals surface area contributed by atoms with Crippen LogP contribution in [-0.2, 0) is 6.54 Å². The van der Waals surface area contributed by atoms with Gasteiger partial charge >= 0.3 is 0 Å². The zero-order valence-corrected chi connectivity index (χ0v) is 10.3. The van der Waals surface area contributed by atoms with Crippen LogP contribution in [-0.4, -0.2) is 17.9 Å². The molecule has 4 heteroatoms. The molecule has 1 aromatic carbocycles. The molecule has 2 rings (SSSR count). The summed E-state index contributed by atoms with van der Waals surface area (Å²) in [4.78, 5) is 6.40. The largest absolute Gasteiger partial charge is 0.384 e. The van der Waals surface area contributed by atoms with Crippen LogP contribution in [0.5, 0.6) is 0 Å². The monoisotopic (exact) mass is 240 g/mol. The maximum atomic E-state index is 7.35. The third-order valence-electron chi connectivity index (χ3n) is 2.74. The minimum Gasteiger partial charge on any atom is -0.384 e. The van der Waals surface area contributed by atoms with Crippen molar-refractivity contribution in [2.24, 2.45) is 5.73 Å². The third kappa shape index (κ3) is 2.85. The smallest absolute Gasteiger partial charge is 0.122 e. The summed E-state index contributed by atoms with van der Waals surface area (Å²) in [6.07, 6.45) is 1.79. The first-order chi connectivity index (χ1) is 8.66. The lowest BCUT2D eigenvalue weighted by molar-refractivity contribution is 0.885. The predicted octanol–water partition coefficient (Wildman–Crippen LogP) is 2.00. The highest BCUT2D eigenvalue weighted by atomic mass is 15.1. The van der Waals surface area contributed by atoms with Gasteiger partial charge in [-0.25, -0.2) is 0 Å². The van der Waals surface area contributed by atoms with Crippen LogP contribution in [0.4, 0.5) is 5.69 Å². The summed E-state index contributed by atoms with van der Waals surface area (Å²) in [5.41, 5.74) is 8.26. The van der Waals surface area contributed by atoms with Crippen LogP contribution >= 0.6 is 0 Å². The maximum Gasteiger partial charge on any atom is 0.122 e. The molecule has 0 fully saturated rings. The van der Waals surface area contributed by atoms with Crippen LogP contribution in [0.25, 0.3) is 0 Å². The van der Waals surface area contributed by atoms with E-state index in [0.717, 1.165) is 23.5 Å². The number of rotatable bonds is 4. The van der Waals surface area contributed by atoms with Gasteiger partial charge < -0.3 is 10.6 Å². The summed E-state index contributed by atoms with van der Waals surface area (Å²) < 4.78 is 0. The lowest BCUT2D eigenvalue weighted by Gasteiger charge is -2.19. The molecule has 0 radical (unpaired) electrons. The number of nitrogen functional groups attached to an aromatic ring is 1. The topological polar surface area (TPSA) is 66.0 Å². The van der Waals surface area contributed by atoms with Crippen LogP contribution in [0.3, 0.4) is 0 Å². The number of pyridine rings is 1. The molecule has 0 unspecified atom stereocenters. The Morgan fingerprint density at radius 2 is 1.94 bits per heavy atom. The lowest BCUT2D eigenvalue weighted by Crippen LogP contribution is -2.17. The number of amidine groups is 1. The summed E-state index contributed by atoms with van der Waals surface area (Å²) in [5.74, 6) is 0.0916. The normalized spacial score (nSPS) is 10.1. The zero-order valence-electron chi connectivity index (χ0n) is 10.3. The van der Waals surface area contributed by atoms with E-state index in [9.17, 15) is 0 Å². The molecule has 18 heavy (non-hydrogen) atoms. The highest BCUT2D eigenvalue weighted by molar-refractivity contribution is 5.95. The van der Waals surface area contributed by atoms with Crippen molar-refractivity contribution in [3.8, 4) is 0 Å². The number of nitrogens with two attached hydrogens (primary N) is 1. The van der Waals surface area contributed by atoms with E-state index in [1.807, 2.05) is 49.5 Å². The van der Waals surface area contributed by atoms with Crippen molar-refractivity contribution < 1.29 is 0 Å². The molecule has 4 nitrogen and oxygen atoms in total. The molecule has 0 saturated heterocycles. The maximum absolute atomic E-state index is 7.35. The van der Waals surface area contributed by atoms with Gasteiger partial charge in [-0.1, -0.05) is 6.07 Å². The molecule has 0 aliphatic rings. The molecule has 0 aliphatic heterocycles. The molecule has 1 aromatic heterocycles. The Hall–Kier alpha value is -2.36. The second kappa shape index (κ2) is 5.31. The fraction of sp³-hybridized carbons (Fsp3) is 0.143. The minimum atomic E-state index is 0.0916. The van der Waals surface area contributed by atoms with E-state index < -0.39 is 0 Å². The minimum absolute atomic E-state index is 0.0916. The first kappa shape index (κ1) is 12.1. The number of benzene rings is 1. The van der Waals surface area contributed by atoms with Gasteiger partial charge in [-0.3, -0.25) is 10.4 Å². The second-order valence-electron chi connectivity index (χ2n) is 4.14. The van der Waals surface area contributed by atoms with Gasteiger partial charge in [-0.05, 0) is 36.4 Å². The zero-order chi connectivity index (χ0) is 13.0. The van der Waals surface area contributed by atoms with Gasteiger partial charge in [0.1, 0.15) is 5.84 Å². The Balaban J connectivity index is 2.09. The van der Waals surface area contributed by atoms with Crippen LogP contribution in [0.2, 0.25) is 0 Å². The Morgan fingerprint density at radius 1 is 1.22 bits per heavy atom. The molecular weight excluding hydrogens is 224 g/mol. The first-order valence-corrected chi connectivity index (χ1v) is 5.72. The molecule has 0 amide bonds. The second-order valence-corrected chi connectivity index (χ2v) is 4.14. The van der Waals surface area contributed by atoms with Crippen molar-refractivity contribution in [2.45, 2.75) is 6.54 Å². The highest BCUT2D eigenvalue weighted by Gasteiger charge is 2.03. The summed E-state index contributed by atoms with van der Waals surface area (Å²) in [7, 11) is 2.01. The van der Waals surface area contributed by atoms with Gasteiger partial charge in [0.15, 0.2) is 0 Å². The molecule has 0 bridgehead atoms. The van der Waals surface area contributed by atoms with E-state index >= 15 is 0 Å². The van der Waals surface area contributed by atoms with Crippen molar-refractivity contribution in [1.82, 2.24) is 4.98 Å². The summed E-state index contributed by atoms with van der Waals surface area (Å²) in [6, 6.07) is 13.5. The van der Waals surface area contributed by atoms with Crippen molar-refractivity contribution in [1.29, 1.82) is 5.41 Å². The average Bonchev–Trinajstić information content (AvgIpc) is 2.40. The van der Waals surface area contributed by atoms with E-state index in [4.69, 9.17) is 11.1 Å². The van der Waals surface area contributed by atoms with E-state index in [2.05, 4.69) is 9.88 Å². The van der Waals surface area contributed by atoms with Gasteiger partial charge in [0.2, 0.25) is 0 Å². The standard InChI is InChI=1S/C14H16N4/c1-18(10-12-4-2-3-9-17-12)13-7-5-11(6-8-13)14(15)16/h2-9H,10H2,1H3,(H3,15,16). The van der Waals surface area contributed by atoms with Crippen LogP contribution in [0, 0.1) is 5.41 Å². The molecule has 0 spiro atoms. The Bertz CT molecular complexity index is 519. The Labute approximate surface area is 107 Å². The number of hydrogen-bond donors (Lipinski definition) is 2. The van der Waals surface area contributed by atoms with Crippen LogP contribution in [0.15, 0.2) is 48.7 Å². The van der Waals surface area contributed by atoms with E-state index in [1.54, 1.807) is 6.20 Å². The number of hydrogen-bond acceptors (Lipinski definition) is 3. The molecule has 92 valence electrons. The van der Waals surface area contributed by atoms with Crippen molar-refractivity contribution in [3.63, 3.8) is 0 Å². The van der Waals surface area contributed by atoms with E-state index in [-0.39, 0.29) is 5.84 Å². The van der Waals surface area contributed by atoms with Crippen LogP contribution in [0.1, 0.15) is 11.3 Å². The van der Waals surface area contributed by atoms with Gasteiger partial charge in [-0.15, -0.1) is 0 Å². The van der Waals surface area contributed by atoms with Crippen LogP contribution < -0.4 is 10.6 Å². The van der Waals surface area contributed by atoms with Gasteiger partial charge in [-0.2, -0.15) is 0 Å². The number of nitrogens with zero attached hydrogens (tertiary/aromatic N) is 2. The highest BCUT2D eigenvalue weighted by Crippen LogP contribution is 2.15. The molecule has 2 aromatic rings. The molecular formula is C14H16N4. The first-order valence-electron chi connectivity index (χ1n) is 5.72. The SMILES string of the molecule is CN(Cc1ccccn1)c1ccc(C(=N)N)cc1. The molecule has 3 N–H and O–H groups in total. The fourth-order valence-electron chi connectivity index (χ4n) is 1.72. The summed E-state index contributed by atoms with van der Waals surface area (Å²) >= 11 is 0. The van der Waals surface area contributed by atoms with Crippen molar-refractivity contribution >= 4 is 11.5 Å². The van der Waals surface area contributed by atoms with Gasteiger partial charge in [0.25, 0.3) is 0 Å². The quantitative estimate of drug-likeness (QED) is 0.634. The number of anilines is 1. The summed E-state index contributed by atoms with van der Waals surface area (Å²) in [6.45, 7) is 0.750. The lowest BCUT2D eigenvalue weighted by atomic mass is 10.2. The third-order valence-corrected chi connectivity index (χ3v) is 2.74.